The van der Waals surface area contributed by atoms with Gasteiger partial charge < -0.3 is 16.0 Å². The maximum atomic E-state index is 13.0. The lowest BCUT2D eigenvalue weighted by molar-refractivity contribution is -0.121. The lowest BCUT2D eigenvalue weighted by Gasteiger charge is -2.21. The lowest BCUT2D eigenvalue weighted by Crippen LogP contribution is -2.48. The summed E-state index contributed by atoms with van der Waals surface area (Å²) in [5, 5.41) is 13.5. The molecular formula is C19H27FN6O. The smallest absolute Gasteiger partial charge is 0.239 e. The summed E-state index contributed by atoms with van der Waals surface area (Å²) in [6, 6.07) is 8.09. The van der Waals surface area contributed by atoms with Gasteiger partial charge in [-0.2, -0.15) is 5.10 Å². The molecule has 2 rings (SSSR count). The predicted octanol–water partition coefficient (Wildman–Crippen LogP) is 1.63. The highest BCUT2D eigenvalue weighted by molar-refractivity contribution is 5.86. The molecule has 0 spiro atoms. The number of benzene rings is 1. The normalized spacial score (nSPS) is 12.0. The van der Waals surface area contributed by atoms with E-state index in [1.807, 2.05) is 33.0 Å². The Hall–Kier alpha value is -2.90. The molecule has 0 saturated carbocycles. The van der Waals surface area contributed by atoms with Crippen molar-refractivity contribution in [3.8, 4) is 5.69 Å². The van der Waals surface area contributed by atoms with Crippen molar-refractivity contribution < 1.29 is 9.18 Å². The number of carbonyl (C=O) groups is 1. The van der Waals surface area contributed by atoms with Crippen LogP contribution in [0, 0.1) is 5.82 Å². The highest BCUT2D eigenvalue weighted by atomic mass is 19.1. The molecule has 1 aromatic carbocycles. The second-order valence-electron chi connectivity index (χ2n) is 7.13. The molecule has 146 valence electrons. The van der Waals surface area contributed by atoms with E-state index in [-0.39, 0.29) is 23.8 Å². The van der Waals surface area contributed by atoms with E-state index in [0.29, 0.717) is 18.9 Å². The molecule has 0 aliphatic heterocycles. The Bertz CT molecular complexity index is 776. The molecule has 1 amide bonds. The monoisotopic (exact) mass is 374 g/mol. The summed E-state index contributed by atoms with van der Waals surface area (Å²) in [5.74, 6) is 0.186. The number of guanidine groups is 1. The molecule has 0 saturated heterocycles. The predicted molar refractivity (Wildman–Crippen MR) is 104 cm³/mol. The fourth-order valence-corrected chi connectivity index (χ4v) is 2.39. The van der Waals surface area contributed by atoms with Gasteiger partial charge in [0.15, 0.2) is 5.96 Å². The Balaban J connectivity index is 1.78. The van der Waals surface area contributed by atoms with Gasteiger partial charge >= 0.3 is 0 Å². The fourth-order valence-electron chi connectivity index (χ4n) is 2.39. The number of amides is 1. The summed E-state index contributed by atoms with van der Waals surface area (Å²) >= 11 is 0. The average Bonchev–Trinajstić information content (AvgIpc) is 3.06. The molecule has 1 aromatic heterocycles. The Morgan fingerprint density at radius 2 is 1.89 bits per heavy atom. The van der Waals surface area contributed by atoms with Gasteiger partial charge in [-0.25, -0.2) is 9.07 Å². The number of aliphatic imine (C=N–C) groups is 1. The number of hydrogen-bond acceptors (Lipinski definition) is 3. The van der Waals surface area contributed by atoms with Crippen molar-refractivity contribution in [1.29, 1.82) is 0 Å². The fraction of sp³-hybridized carbons (Fsp3) is 0.421. The van der Waals surface area contributed by atoms with Gasteiger partial charge in [-0.1, -0.05) is 0 Å². The summed E-state index contributed by atoms with van der Waals surface area (Å²) in [4.78, 5) is 15.9. The zero-order valence-electron chi connectivity index (χ0n) is 16.2. The van der Waals surface area contributed by atoms with Gasteiger partial charge in [0.1, 0.15) is 5.82 Å². The van der Waals surface area contributed by atoms with Gasteiger partial charge in [0.2, 0.25) is 5.91 Å². The van der Waals surface area contributed by atoms with E-state index < -0.39 is 0 Å². The summed E-state index contributed by atoms with van der Waals surface area (Å²) in [6.45, 7) is 6.56. The van der Waals surface area contributed by atoms with Gasteiger partial charge in [-0.05, 0) is 51.1 Å². The Morgan fingerprint density at radius 3 is 2.52 bits per heavy atom. The summed E-state index contributed by atoms with van der Waals surface area (Å²) in [7, 11) is 1.65. The largest absolute Gasteiger partial charge is 0.356 e. The second kappa shape index (κ2) is 9.16. The molecule has 7 nitrogen and oxygen atoms in total. The SMILES string of the molecule is CN=C(NCCc1ccn(-c2ccc(F)cc2)n1)NCC(=O)NC(C)(C)C. The van der Waals surface area contributed by atoms with Gasteiger partial charge in [-0.15, -0.1) is 0 Å². The number of hydrogen-bond donors (Lipinski definition) is 3. The minimum Gasteiger partial charge on any atom is -0.356 e. The number of carbonyl (C=O) groups excluding carboxylic acids is 1. The third-order valence-corrected chi connectivity index (χ3v) is 3.56. The quantitative estimate of drug-likeness (QED) is 0.530. The van der Waals surface area contributed by atoms with Crippen molar-refractivity contribution >= 4 is 11.9 Å². The summed E-state index contributed by atoms with van der Waals surface area (Å²) < 4.78 is 14.7. The number of nitrogens with zero attached hydrogens (tertiary/aromatic N) is 3. The molecule has 0 aliphatic carbocycles. The van der Waals surface area contributed by atoms with Gasteiger partial charge in [0, 0.05) is 31.7 Å². The molecule has 1 heterocycles. The number of aromatic nitrogens is 2. The molecule has 3 N–H and O–H groups in total. The van der Waals surface area contributed by atoms with Crippen LogP contribution in [0.5, 0.6) is 0 Å². The standard InChI is InChI=1S/C19H27FN6O/c1-19(2,3)24-17(27)13-23-18(21-4)22-11-9-15-10-12-26(25-15)16-7-5-14(20)6-8-16/h5-8,10,12H,9,11,13H2,1-4H3,(H,24,27)(H2,21,22,23). The number of nitrogens with one attached hydrogen (secondary N) is 3. The molecule has 8 heteroatoms. The molecule has 0 radical (unpaired) electrons. The second-order valence-corrected chi connectivity index (χ2v) is 7.13. The Labute approximate surface area is 159 Å². The molecule has 0 unspecified atom stereocenters. The van der Waals surface area contributed by atoms with Gasteiger partial charge in [-0.3, -0.25) is 9.79 Å². The van der Waals surface area contributed by atoms with Crippen LogP contribution in [-0.4, -0.2) is 47.3 Å². The zero-order chi connectivity index (χ0) is 19.9. The van der Waals surface area contributed by atoms with Crippen molar-refractivity contribution in [1.82, 2.24) is 25.7 Å². The van der Waals surface area contributed by atoms with Crippen molar-refractivity contribution in [3.63, 3.8) is 0 Å². The van der Waals surface area contributed by atoms with Crippen LogP contribution in [0.25, 0.3) is 5.69 Å². The first-order valence-electron chi connectivity index (χ1n) is 8.83. The maximum Gasteiger partial charge on any atom is 0.239 e. The minimum absolute atomic E-state index is 0.0940. The van der Waals surface area contributed by atoms with Crippen LogP contribution < -0.4 is 16.0 Å². The van der Waals surface area contributed by atoms with Crippen LogP contribution >= 0.6 is 0 Å². The van der Waals surface area contributed by atoms with E-state index >= 15 is 0 Å². The van der Waals surface area contributed by atoms with Crippen LogP contribution in [0.4, 0.5) is 4.39 Å². The summed E-state index contributed by atoms with van der Waals surface area (Å²) in [5.41, 5.74) is 1.43. The molecular weight excluding hydrogens is 347 g/mol. The van der Waals surface area contributed by atoms with E-state index in [1.165, 1.54) is 12.1 Å². The van der Waals surface area contributed by atoms with Crippen molar-refractivity contribution in [2.45, 2.75) is 32.7 Å². The zero-order valence-corrected chi connectivity index (χ0v) is 16.2. The highest BCUT2D eigenvalue weighted by Crippen LogP contribution is 2.09. The summed E-state index contributed by atoms with van der Waals surface area (Å²) in [6.07, 6.45) is 2.52. The first-order valence-corrected chi connectivity index (χ1v) is 8.83. The van der Waals surface area contributed by atoms with Gasteiger partial charge in [0.25, 0.3) is 0 Å². The first-order chi connectivity index (χ1) is 12.8. The lowest BCUT2D eigenvalue weighted by atomic mass is 10.1. The van der Waals surface area contributed by atoms with E-state index in [1.54, 1.807) is 23.9 Å². The molecule has 27 heavy (non-hydrogen) atoms. The third-order valence-electron chi connectivity index (χ3n) is 3.56. The van der Waals surface area contributed by atoms with Crippen LogP contribution in [-0.2, 0) is 11.2 Å². The molecule has 0 aliphatic rings. The minimum atomic E-state index is -0.273. The van der Waals surface area contributed by atoms with E-state index in [4.69, 9.17) is 0 Å². The Kier molecular flexibility index (Phi) is 6.92. The molecule has 0 fully saturated rings. The highest BCUT2D eigenvalue weighted by Gasteiger charge is 2.13. The van der Waals surface area contributed by atoms with Crippen molar-refractivity contribution in [2.24, 2.45) is 4.99 Å². The van der Waals surface area contributed by atoms with Crippen LogP contribution in [0.1, 0.15) is 26.5 Å². The molecule has 0 bridgehead atoms. The van der Waals surface area contributed by atoms with E-state index in [9.17, 15) is 9.18 Å². The van der Waals surface area contributed by atoms with Crippen LogP contribution in [0.15, 0.2) is 41.5 Å². The number of halogens is 1. The topological polar surface area (TPSA) is 83.3 Å². The molecule has 2 aromatic rings. The Morgan fingerprint density at radius 1 is 1.19 bits per heavy atom. The average molecular weight is 374 g/mol. The molecule has 0 atom stereocenters. The maximum absolute atomic E-state index is 13.0. The third kappa shape index (κ3) is 7.08. The first kappa shape index (κ1) is 20.4. The van der Waals surface area contributed by atoms with E-state index in [2.05, 4.69) is 26.0 Å². The van der Waals surface area contributed by atoms with Crippen LogP contribution in [0.3, 0.4) is 0 Å². The van der Waals surface area contributed by atoms with Crippen molar-refractivity contribution in [2.75, 3.05) is 20.1 Å². The number of rotatable bonds is 6. The van der Waals surface area contributed by atoms with Crippen LogP contribution in [0.2, 0.25) is 0 Å². The van der Waals surface area contributed by atoms with E-state index in [0.717, 1.165) is 11.4 Å². The van der Waals surface area contributed by atoms with Gasteiger partial charge in [0.05, 0.1) is 17.9 Å². The van der Waals surface area contributed by atoms with Crippen molar-refractivity contribution in [3.05, 3.63) is 48.0 Å².